The minimum Gasteiger partial charge on any atom is -0.478 e. The third-order valence-corrected chi connectivity index (χ3v) is 3.90. The van der Waals surface area contributed by atoms with Crippen molar-refractivity contribution in [1.29, 1.82) is 0 Å². The number of halogens is 1. The van der Waals surface area contributed by atoms with Crippen LogP contribution in [0.3, 0.4) is 0 Å². The number of benzene rings is 1. The second-order valence-electron chi connectivity index (χ2n) is 5.62. The van der Waals surface area contributed by atoms with Gasteiger partial charge in [-0.1, -0.05) is 0 Å². The molecule has 0 aliphatic carbocycles. The summed E-state index contributed by atoms with van der Waals surface area (Å²) in [6.07, 6.45) is 2.18. The third kappa shape index (κ3) is 3.77. The van der Waals surface area contributed by atoms with Crippen molar-refractivity contribution in [2.45, 2.75) is 25.4 Å². The Hall–Kier alpha value is -1.46. The van der Waals surface area contributed by atoms with Gasteiger partial charge in [0, 0.05) is 12.6 Å². The van der Waals surface area contributed by atoms with Crippen molar-refractivity contribution in [2.24, 2.45) is 0 Å². The Labute approximate surface area is 118 Å². The minimum absolute atomic E-state index is 0.0168. The zero-order valence-electron chi connectivity index (χ0n) is 12.0. The van der Waals surface area contributed by atoms with Gasteiger partial charge < -0.3 is 10.0 Å². The maximum Gasteiger partial charge on any atom is 0.335 e. The average Bonchev–Trinajstić information content (AvgIpc) is 2.38. The van der Waals surface area contributed by atoms with Crippen LogP contribution in [0.25, 0.3) is 0 Å². The van der Waals surface area contributed by atoms with E-state index in [2.05, 4.69) is 23.9 Å². The van der Waals surface area contributed by atoms with Crippen LogP contribution in [0.15, 0.2) is 18.2 Å². The van der Waals surface area contributed by atoms with Crippen molar-refractivity contribution in [3.63, 3.8) is 0 Å². The number of aromatic carboxylic acids is 1. The van der Waals surface area contributed by atoms with Gasteiger partial charge in [-0.3, -0.25) is 4.90 Å². The lowest BCUT2D eigenvalue weighted by Gasteiger charge is -2.35. The molecule has 0 spiro atoms. The molecule has 0 radical (unpaired) electrons. The fourth-order valence-electron chi connectivity index (χ4n) is 2.72. The Morgan fingerprint density at radius 1 is 1.35 bits per heavy atom. The summed E-state index contributed by atoms with van der Waals surface area (Å²) < 4.78 is 13.4. The Balaban J connectivity index is 1.99. The summed E-state index contributed by atoms with van der Waals surface area (Å²) in [6.45, 7) is 2.53. The van der Waals surface area contributed by atoms with Crippen LogP contribution in [0.1, 0.15) is 28.8 Å². The molecule has 0 amide bonds. The first-order valence-electron chi connectivity index (χ1n) is 6.87. The highest BCUT2D eigenvalue weighted by Gasteiger charge is 2.20. The van der Waals surface area contributed by atoms with E-state index < -0.39 is 11.8 Å². The van der Waals surface area contributed by atoms with E-state index >= 15 is 0 Å². The summed E-state index contributed by atoms with van der Waals surface area (Å²) in [5.74, 6) is -1.57. The molecule has 1 saturated heterocycles. The Morgan fingerprint density at radius 2 is 2.00 bits per heavy atom. The first-order chi connectivity index (χ1) is 9.45. The van der Waals surface area contributed by atoms with Gasteiger partial charge in [0.05, 0.1) is 5.56 Å². The third-order valence-electron chi connectivity index (χ3n) is 3.90. The molecular formula is C15H21FN2O2. The lowest BCUT2D eigenvalue weighted by molar-refractivity contribution is 0.0696. The van der Waals surface area contributed by atoms with E-state index in [1.165, 1.54) is 6.07 Å². The van der Waals surface area contributed by atoms with E-state index in [4.69, 9.17) is 5.11 Å². The Kier molecular flexibility index (Phi) is 4.73. The van der Waals surface area contributed by atoms with E-state index in [0.717, 1.165) is 37.6 Å². The van der Waals surface area contributed by atoms with Crippen LogP contribution in [-0.4, -0.2) is 54.1 Å². The second-order valence-corrected chi connectivity index (χ2v) is 5.62. The van der Waals surface area contributed by atoms with E-state index in [1.807, 2.05) is 0 Å². The zero-order chi connectivity index (χ0) is 14.7. The molecule has 1 aromatic rings. The Morgan fingerprint density at radius 3 is 2.55 bits per heavy atom. The number of carbonyl (C=O) groups is 1. The monoisotopic (exact) mass is 280 g/mol. The number of carboxylic acids is 1. The van der Waals surface area contributed by atoms with Crippen LogP contribution in [0.2, 0.25) is 0 Å². The standard InChI is InChI=1S/C15H21FN2O2/c1-17(2)14-3-5-18(6-4-14)10-11-7-12(15(19)20)9-13(16)8-11/h7-9,14H,3-6,10H2,1-2H3,(H,19,20). The zero-order valence-corrected chi connectivity index (χ0v) is 12.0. The number of nitrogens with zero attached hydrogens (tertiary/aromatic N) is 2. The summed E-state index contributed by atoms with van der Waals surface area (Å²) >= 11 is 0. The highest BCUT2D eigenvalue weighted by atomic mass is 19.1. The van der Waals surface area contributed by atoms with Gasteiger partial charge in [-0.15, -0.1) is 0 Å². The lowest BCUT2D eigenvalue weighted by Crippen LogP contribution is -2.41. The molecular weight excluding hydrogens is 259 g/mol. The van der Waals surface area contributed by atoms with Gasteiger partial charge in [0.2, 0.25) is 0 Å². The number of hydrogen-bond acceptors (Lipinski definition) is 3. The second kappa shape index (κ2) is 6.33. The molecule has 0 atom stereocenters. The molecule has 1 N–H and O–H groups in total. The van der Waals surface area contributed by atoms with Crippen LogP contribution >= 0.6 is 0 Å². The lowest BCUT2D eigenvalue weighted by atomic mass is 10.0. The Bertz CT molecular complexity index is 483. The van der Waals surface area contributed by atoms with Crippen molar-refractivity contribution in [3.05, 3.63) is 35.1 Å². The first kappa shape index (κ1) is 14.9. The molecule has 2 rings (SSSR count). The van der Waals surface area contributed by atoms with E-state index in [9.17, 15) is 9.18 Å². The van der Waals surface area contributed by atoms with Crippen LogP contribution in [-0.2, 0) is 6.54 Å². The number of carboxylic acid groups (broad SMARTS) is 1. The van der Waals surface area contributed by atoms with E-state index in [0.29, 0.717) is 12.6 Å². The molecule has 20 heavy (non-hydrogen) atoms. The van der Waals surface area contributed by atoms with Gasteiger partial charge in [0.15, 0.2) is 0 Å². The number of likely N-dealkylation sites (tertiary alicyclic amines) is 1. The molecule has 1 aliphatic heterocycles. The summed E-state index contributed by atoms with van der Waals surface area (Å²) in [5, 5.41) is 8.95. The van der Waals surface area contributed by atoms with Gasteiger partial charge in [0.1, 0.15) is 5.82 Å². The van der Waals surface area contributed by atoms with Gasteiger partial charge >= 0.3 is 5.97 Å². The molecule has 0 aromatic heterocycles. The predicted octanol–water partition coefficient (Wildman–Crippen LogP) is 2.05. The van der Waals surface area contributed by atoms with E-state index in [1.54, 1.807) is 6.07 Å². The normalized spacial score (nSPS) is 17.6. The average molecular weight is 280 g/mol. The molecule has 1 fully saturated rings. The molecule has 1 aliphatic rings. The molecule has 5 heteroatoms. The molecule has 4 nitrogen and oxygen atoms in total. The fourth-order valence-corrected chi connectivity index (χ4v) is 2.72. The molecule has 0 saturated carbocycles. The fraction of sp³-hybridized carbons (Fsp3) is 0.533. The minimum atomic E-state index is -1.09. The van der Waals surface area contributed by atoms with E-state index in [-0.39, 0.29) is 5.56 Å². The molecule has 1 heterocycles. The maximum absolute atomic E-state index is 13.4. The van der Waals surface area contributed by atoms with Gasteiger partial charge in [-0.2, -0.15) is 0 Å². The van der Waals surface area contributed by atoms with Crippen LogP contribution in [0.4, 0.5) is 4.39 Å². The van der Waals surface area contributed by atoms with Crippen molar-refractivity contribution in [1.82, 2.24) is 9.80 Å². The molecule has 0 bridgehead atoms. The highest BCUT2D eigenvalue weighted by molar-refractivity contribution is 5.87. The quantitative estimate of drug-likeness (QED) is 0.916. The summed E-state index contributed by atoms with van der Waals surface area (Å²) in [7, 11) is 4.18. The number of rotatable bonds is 4. The number of hydrogen-bond donors (Lipinski definition) is 1. The first-order valence-corrected chi connectivity index (χ1v) is 6.87. The van der Waals surface area contributed by atoms with Crippen LogP contribution in [0.5, 0.6) is 0 Å². The summed E-state index contributed by atoms with van der Waals surface area (Å²) in [6, 6.07) is 4.64. The van der Waals surface area contributed by atoms with Crippen molar-refractivity contribution >= 4 is 5.97 Å². The van der Waals surface area contributed by atoms with Crippen molar-refractivity contribution < 1.29 is 14.3 Å². The maximum atomic E-state index is 13.4. The topological polar surface area (TPSA) is 43.8 Å². The largest absolute Gasteiger partial charge is 0.478 e. The smallest absolute Gasteiger partial charge is 0.335 e. The van der Waals surface area contributed by atoms with Gasteiger partial charge in [-0.05, 0) is 63.8 Å². The number of piperidine rings is 1. The van der Waals surface area contributed by atoms with Crippen LogP contribution < -0.4 is 0 Å². The van der Waals surface area contributed by atoms with Crippen molar-refractivity contribution in [3.8, 4) is 0 Å². The molecule has 1 aromatic carbocycles. The van der Waals surface area contributed by atoms with Crippen molar-refractivity contribution in [2.75, 3.05) is 27.2 Å². The molecule has 0 unspecified atom stereocenters. The van der Waals surface area contributed by atoms with Gasteiger partial charge in [-0.25, -0.2) is 9.18 Å². The van der Waals surface area contributed by atoms with Gasteiger partial charge in [0.25, 0.3) is 0 Å². The predicted molar refractivity (Wildman–Crippen MR) is 75.3 cm³/mol. The highest BCUT2D eigenvalue weighted by Crippen LogP contribution is 2.18. The van der Waals surface area contributed by atoms with Crippen LogP contribution in [0, 0.1) is 5.82 Å². The summed E-state index contributed by atoms with van der Waals surface area (Å²) in [4.78, 5) is 15.4. The molecule has 110 valence electrons. The SMILES string of the molecule is CN(C)C1CCN(Cc2cc(F)cc(C(=O)O)c2)CC1. The summed E-state index contributed by atoms with van der Waals surface area (Å²) in [5.41, 5.74) is 0.744.